The number of ether oxygens (including phenoxy) is 1. The summed E-state index contributed by atoms with van der Waals surface area (Å²) in [6.45, 7) is 0. The summed E-state index contributed by atoms with van der Waals surface area (Å²) in [6, 6.07) is 22.1. The quantitative estimate of drug-likeness (QED) is 0.580. The van der Waals surface area contributed by atoms with E-state index in [-0.39, 0.29) is 5.91 Å². The number of hydrogen-bond donors (Lipinski definition) is 1. The molecule has 4 rings (SSSR count). The van der Waals surface area contributed by atoms with Crippen LogP contribution in [0.3, 0.4) is 0 Å². The van der Waals surface area contributed by atoms with Gasteiger partial charge in [0.15, 0.2) is 5.58 Å². The Morgan fingerprint density at radius 1 is 1.00 bits per heavy atom. The Balaban J connectivity index is 1.62. The van der Waals surface area contributed by atoms with Crippen LogP contribution >= 0.6 is 0 Å². The van der Waals surface area contributed by atoms with Gasteiger partial charge >= 0.3 is 0 Å². The van der Waals surface area contributed by atoms with Crippen LogP contribution in [0.25, 0.3) is 22.6 Å². The Hall–Kier alpha value is -3.60. The van der Waals surface area contributed by atoms with Gasteiger partial charge in [-0.2, -0.15) is 0 Å². The zero-order valence-corrected chi connectivity index (χ0v) is 14.1. The molecule has 1 aromatic heterocycles. The molecule has 0 saturated heterocycles. The maximum absolute atomic E-state index is 12.6. The van der Waals surface area contributed by atoms with Crippen LogP contribution in [0, 0.1) is 0 Å². The average Bonchev–Trinajstić information content (AvgIpc) is 3.12. The average molecular weight is 344 g/mol. The summed E-state index contributed by atoms with van der Waals surface area (Å²) in [4.78, 5) is 17.0. The molecule has 0 spiro atoms. The number of aromatic nitrogens is 1. The Morgan fingerprint density at radius 3 is 2.65 bits per heavy atom. The minimum Gasteiger partial charge on any atom is -0.496 e. The van der Waals surface area contributed by atoms with Crippen molar-refractivity contribution in [2.75, 3.05) is 12.4 Å². The number of carbonyl (C=O) groups is 1. The van der Waals surface area contributed by atoms with Crippen molar-refractivity contribution in [3.8, 4) is 17.2 Å². The van der Waals surface area contributed by atoms with Crippen LogP contribution in [0.4, 0.5) is 5.69 Å². The predicted octanol–water partition coefficient (Wildman–Crippen LogP) is 4.76. The highest BCUT2D eigenvalue weighted by atomic mass is 16.5. The lowest BCUT2D eigenvalue weighted by Crippen LogP contribution is -2.13. The second-order valence-electron chi connectivity index (χ2n) is 5.72. The van der Waals surface area contributed by atoms with Gasteiger partial charge in [0.05, 0.1) is 12.7 Å². The van der Waals surface area contributed by atoms with Gasteiger partial charge in [0.25, 0.3) is 5.91 Å². The van der Waals surface area contributed by atoms with Crippen molar-refractivity contribution in [3.05, 3.63) is 78.4 Å². The summed E-state index contributed by atoms with van der Waals surface area (Å²) in [6.07, 6.45) is 0. The molecule has 5 nitrogen and oxygen atoms in total. The Bertz CT molecular complexity index is 1050. The number of amides is 1. The lowest BCUT2D eigenvalue weighted by atomic mass is 10.1. The molecule has 0 aliphatic heterocycles. The van der Waals surface area contributed by atoms with E-state index in [4.69, 9.17) is 9.15 Å². The lowest BCUT2D eigenvalue weighted by Gasteiger charge is -2.09. The van der Waals surface area contributed by atoms with Crippen LogP contribution in [0.5, 0.6) is 5.75 Å². The Kier molecular flexibility index (Phi) is 4.11. The number of carbonyl (C=O) groups excluding carboxylic acids is 1. The molecule has 3 aromatic carbocycles. The van der Waals surface area contributed by atoms with Crippen LogP contribution in [0.15, 0.2) is 77.2 Å². The molecule has 0 atom stereocenters. The van der Waals surface area contributed by atoms with E-state index in [2.05, 4.69) is 10.3 Å². The summed E-state index contributed by atoms with van der Waals surface area (Å²) in [5.41, 5.74) is 3.44. The van der Waals surface area contributed by atoms with Gasteiger partial charge in [0.2, 0.25) is 5.89 Å². The SMILES string of the molecule is COc1ccccc1C(=O)Nc1cccc(-c2nc3ccccc3o2)c1. The Morgan fingerprint density at radius 2 is 1.81 bits per heavy atom. The minimum absolute atomic E-state index is 0.239. The molecular weight excluding hydrogens is 328 g/mol. The Labute approximate surface area is 150 Å². The van der Waals surface area contributed by atoms with Gasteiger partial charge in [-0.15, -0.1) is 0 Å². The van der Waals surface area contributed by atoms with Crippen molar-refractivity contribution in [2.45, 2.75) is 0 Å². The van der Waals surface area contributed by atoms with Crippen molar-refractivity contribution >= 4 is 22.7 Å². The molecule has 1 amide bonds. The normalized spacial score (nSPS) is 10.7. The van der Waals surface area contributed by atoms with Crippen molar-refractivity contribution in [1.29, 1.82) is 0 Å². The number of nitrogens with zero attached hydrogens (tertiary/aromatic N) is 1. The number of hydrogen-bond acceptors (Lipinski definition) is 4. The molecule has 26 heavy (non-hydrogen) atoms. The first kappa shape index (κ1) is 15.9. The maximum Gasteiger partial charge on any atom is 0.259 e. The van der Waals surface area contributed by atoms with Gasteiger partial charge in [-0.05, 0) is 42.5 Å². The van der Waals surface area contributed by atoms with Gasteiger partial charge in [-0.3, -0.25) is 4.79 Å². The number of rotatable bonds is 4. The first-order valence-electron chi connectivity index (χ1n) is 8.15. The molecule has 0 saturated carbocycles. The monoisotopic (exact) mass is 344 g/mol. The number of anilines is 1. The van der Waals surface area contributed by atoms with Gasteiger partial charge in [0.1, 0.15) is 11.3 Å². The van der Waals surface area contributed by atoms with E-state index in [0.717, 1.165) is 16.7 Å². The van der Waals surface area contributed by atoms with E-state index in [1.165, 1.54) is 0 Å². The fraction of sp³-hybridized carbons (Fsp3) is 0.0476. The molecule has 0 radical (unpaired) electrons. The van der Waals surface area contributed by atoms with E-state index in [9.17, 15) is 4.79 Å². The van der Waals surface area contributed by atoms with Gasteiger partial charge in [-0.25, -0.2) is 4.98 Å². The smallest absolute Gasteiger partial charge is 0.259 e. The summed E-state index contributed by atoms with van der Waals surface area (Å²) in [7, 11) is 1.54. The second-order valence-corrected chi connectivity index (χ2v) is 5.72. The number of methoxy groups -OCH3 is 1. The fourth-order valence-electron chi connectivity index (χ4n) is 2.76. The number of nitrogens with one attached hydrogen (secondary N) is 1. The zero-order valence-electron chi connectivity index (χ0n) is 14.1. The second kappa shape index (κ2) is 6.72. The molecule has 5 heteroatoms. The first-order valence-corrected chi connectivity index (χ1v) is 8.15. The molecule has 1 heterocycles. The first-order chi connectivity index (χ1) is 12.7. The molecule has 4 aromatic rings. The summed E-state index contributed by atoms with van der Waals surface area (Å²) in [5, 5.41) is 2.89. The van der Waals surface area contributed by atoms with Crippen LogP contribution in [0.1, 0.15) is 10.4 Å². The van der Waals surface area contributed by atoms with Crippen LogP contribution < -0.4 is 10.1 Å². The van der Waals surface area contributed by atoms with Gasteiger partial charge < -0.3 is 14.5 Å². The highest BCUT2D eigenvalue weighted by Crippen LogP contribution is 2.26. The van der Waals surface area contributed by atoms with Gasteiger partial charge in [-0.1, -0.05) is 30.3 Å². The lowest BCUT2D eigenvalue weighted by molar-refractivity contribution is 0.102. The van der Waals surface area contributed by atoms with E-state index < -0.39 is 0 Å². The highest BCUT2D eigenvalue weighted by molar-refractivity contribution is 6.06. The van der Waals surface area contributed by atoms with Crippen molar-refractivity contribution in [2.24, 2.45) is 0 Å². The third-order valence-electron chi connectivity index (χ3n) is 4.01. The largest absolute Gasteiger partial charge is 0.496 e. The van der Waals surface area contributed by atoms with Crippen molar-refractivity contribution in [3.63, 3.8) is 0 Å². The molecule has 0 aliphatic carbocycles. The van der Waals surface area contributed by atoms with Crippen molar-refractivity contribution < 1.29 is 13.9 Å². The topological polar surface area (TPSA) is 64.4 Å². The molecule has 0 unspecified atom stereocenters. The molecule has 128 valence electrons. The van der Waals surface area contributed by atoms with E-state index >= 15 is 0 Å². The molecular formula is C21H16N2O3. The van der Waals surface area contributed by atoms with E-state index in [1.54, 1.807) is 25.3 Å². The van der Waals surface area contributed by atoms with E-state index in [0.29, 0.717) is 22.9 Å². The summed E-state index contributed by atoms with van der Waals surface area (Å²) < 4.78 is 11.0. The standard InChI is InChI=1S/C21H16N2O3/c1-25-18-11-4-2-9-16(18)20(24)22-15-8-6-7-14(13-15)21-23-17-10-3-5-12-19(17)26-21/h2-13H,1H3,(H,22,24). The fourth-order valence-corrected chi connectivity index (χ4v) is 2.76. The van der Waals surface area contributed by atoms with Crippen LogP contribution in [-0.2, 0) is 0 Å². The summed E-state index contributed by atoms with van der Waals surface area (Å²) >= 11 is 0. The maximum atomic E-state index is 12.6. The van der Waals surface area contributed by atoms with Crippen molar-refractivity contribution in [1.82, 2.24) is 4.98 Å². The highest BCUT2D eigenvalue weighted by Gasteiger charge is 2.13. The number of benzene rings is 3. The number of fused-ring (bicyclic) bond motifs is 1. The third-order valence-corrected chi connectivity index (χ3v) is 4.01. The molecule has 0 fully saturated rings. The summed E-state index contributed by atoms with van der Waals surface area (Å²) in [5.74, 6) is 0.803. The molecule has 0 bridgehead atoms. The van der Waals surface area contributed by atoms with Crippen LogP contribution in [-0.4, -0.2) is 18.0 Å². The van der Waals surface area contributed by atoms with Gasteiger partial charge in [0, 0.05) is 11.3 Å². The predicted molar refractivity (Wildman–Crippen MR) is 100 cm³/mol. The van der Waals surface area contributed by atoms with Crippen LogP contribution in [0.2, 0.25) is 0 Å². The number of para-hydroxylation sites is 3. The minimum atomic E-state index is -0.239. The zero-order chi connectivity index (χ0) is 17.9. The number of oxazole rings is 1. The third kappa shape index (κ3) is 3.02. The molecule has 1 N–H and O–H groups in total. The van der Waals surface area contributed by atoms with E-state index in [1.807, 2.05) is 54.6 Å². The molecule has 0 aliphatic rings.